The van der Waals surface area contributed by atoms with Gasteiger partial charge in [0.15, 0.2) is 5.75 Å². The number of carboxylic acids is 1. The van der Waals surface area contributed by atoms with Crippen molar-refractivity contribution in [1.29, 1.82) is 0 Å². The molecule has 0 unspecified atom stereocenters. The molecule has 1 N–H and O–H groups in total. The van der Waals surface area contributed by atoms with Crippen LogP contribution in [0.3, 0.4) is 0 Å². The second-order valence-electron chi connectivity index (χ2n) is 4.43. The van der Waals surface area contributed by atoms with E-state index in [1.165, 1.54) is 4.88 Å². The molecule has 1 aliphatic heterocycles. The number of hydrogen-bond acceptors (Lipinski definition) is 4. The number of nitrogens with zero attached hydrogens (tertiary/aromatic N) is 1. The zero-order chi connectivity index (χ0) is 14.1. The predicted molar refractivity (Wildman–Crippen MR) is 82.0 cm³/mol. The number of halogens is 1. The maximum Gasteiger partial charge on any atom is 0.339 e. The number of carboxylic acid groups (broad SMARTS) is 1. The van der Waals surface area contributed by atoms with Crippen LogP contribution in [-0.2, 0) is 6.54 Å². The minimum Gasteiger partial charge on any atom is -0.489 e. The van der Waals surface area contributed by atoms with E-state index in [-0.39, 0.29) is 5.56 Å². The molecule has 6 heteroatoms. The molecule has 3 rings (SSSR count). The lowest BCUT2D eigenvalue weighted by molar-refractivity contribution is 0.0692. The molecule has 2 aromatic rings. The van der Waals surface area contributed by atoms with Crippen molar-refractivity contribution in [3.63, 3.8) is 0 Å². The summed E-state index contributed by atoms with van der Waals surface area (Å²) in [6.07, 6.45) is 0. The first-order valence-corrected chi connectivity index (χ1v) is 7.74. The van der Waals surface area contributed by atoms with Crippen LogP contribution in [-0.4, -0.2) is 24.2 Å². The highest BCUT2D eigenvalue weighted by Crippen LogP contribution is 2.36. The zero-order valence-corrected chi connectivity index (χ0v) is 12.9. The van der Waals surface area contributed by atoms with Gasteiger partial charge in [0.05, 0.1) is 22.6 Å². The summed E-state index contributed by atoms with van der Waals surface area (Å²) in [6.45, 7) is 2.02. The van der Waals surface area contributed by atoms with E-state index in [4.69, 9.17) is 4.74 Å². The molecule has 0 fully saturated rings. The fourth-order valence-electron chi connectivity index (χ4n) is 2.26. The molecule has 4 nitrogen and oxygen atoms in total. The quantitative estimate of drug-likeness (QED) is 0.915. The topological polar surface area (TPSA) is 49.8 Å². The molecule has 0 saturated carbocycles. The lowest BCUT2D eigenvalue weighted by atomic mass is 10.1. The molecule has 20 heavy (non-hydrogen) atoms. The minimum atomic E-state index is -0.956. The predicted octanol–water partition coefficient (Wildman–Crippen LogP) is 3.61. The first-order chi connectivity index (χ1) is 9.65. The molecule has 1 aromatic carbocycles. The van der Waals surface area contributed by atoms with Gasteiger partial charge in [0.25, 0.3) is 0 Å². The van der Waals surface area contributed by atoms with Gasteiger partial charge in [-0.25, -0.2) is 4.79 Å². The summed E-state index contributed by atoms with van der Waals surface area (Å²) in [5, 5.41) is 9.22. The maximum atomic E-state index is 11.2. The van der Waals surface area contributed by atoms with Crippen LogP contribution in [0.25, 0.3) is 0 Å². The first-order valence-electron chi connectivity index (χ1n) is 6.13. The summed E-state index contributed by atoms with van der Waals surface area (Å²) in [4.78, 5) is 14.6. The fraction of sp³-hybridized carbons (Fsp3) is 0.214. The third kappa shape index (κ3) is 2.53. The summed E-state index contributed by atoms with van der Waals surface area (Å²) in [6, 6.07) is 9.34. The molecule has 0 saturated heterocycles. The average Bonchev–Trinajstić information content (AvgIpc) is 2.84. The Morgan fingerprint density at radius 2 is 2.25 bits per heavy atom. The molecular weight excluding hydrogens is 342 g/mol. The van der Waals surface area contributed by atoms with Gasteiger partial charge in [0.2, 0.25) is 0 Å². The van der Waals surface area contributed by atoms with Crippen LogP contribution in [0.15, 0.2) is 34.1 Å². The van der Waals surface area contributed by atoms with Gasteiger partial charge in [-0.3, -0.25) is 0 Å². The van der Waals surface area contributed by atoms with Gasteiger partial charge in [-0.05, 0) is 40.2 Å². The molecule has 0 spiro atoms. The zero-order valence-electron chi connectivity index (χ0n) is 10.5. The van der Waals surface area contributed by atoms with E-state index in [9.17, 15) is 9.90 Å². The monoisotopic (exact) mass is 353 g/mol. The Morgan fingerprint density at radius 1 is 1.40 bits per heavy atom. The summed E-state index contributed by atoms with van der Waals surface area (Å²) in [5.74, 6) is -0.482. The van der Waals surface area contributed by atoms with Crippen molar-refractivity contribution in [2.75, 3.05) is 18.1 Å². The van der Waals surface area contributed by atoms with Gasteiger partial charge in [-0.2, -0.15) is 0 Å². The number of benzene rings is 1. The number of ether oxygens (including phenoxy) is 1. The Labute approximate surface area is 128 Å². The Bertz CT molecular complexity index is 656. The number of hydrogen-bond donors (Lipinski definition) is 1. The van der Waals surface area contributed by atoms with Crippen molar-refractivity contribution >= 4 is 38.9 Å². The maximum absolute atomic E-state index is 11.2. The van der Waals surface area contributed by atoms with Crippen molar-refractivity contribution in [3.05, 3.63) is 44.6 Å². The van der Waals surface area contributed by atoms with Crippen LogP contribution < -0.4 is 9.64 Å². The average molecular weight is 354 g/mol. The van der Waals surface area contributed by atoms with E-state index >= 15 is 0 Å². The standard InChI is InChI=1S/C14H12BrNO3S/c15-12-5-4-9(20-12)8-16-6-7-19-13-10(14(17)18)2-1-3-11(13)16/h1-5H,6-8H2,(H,17,18). The third-order valence-electron chi connectivity index (χ3n) is 3.15. The largest absolute Gasteiger partial charge is 0.489 e. The lowest BCUT2D eigenvalue weighted by Gasteiger charge is -2.31. The second-order valence-corrected chi connectivity index (χ2v) is 6.98. The number of anilines is 1. The number of para-hydroxylation sites is 1. The Hall–Kier alpha value is -1.53. The number of carbonyl (C=O) groups is 1. The Morgan fingerprint density at radius 3 is 2.95 bits per heavy atom. The highest BCUT2D eigenvalue weighted by Gasteiger charge is 2.23. The smallest absolute Gasteiger partial charge is 0.339 e. The number of aromatic carboxylic acids is 1. The van der Waals surface area contributed by atoms with Gasteiger partial charge in [-0.15, -0.1) is 11.3 Å². The summed E-state index contributed by atoms with van der Waals surface area (Å²) in [5.41, 5.74) is 1.07. The summed E-state index contributed by atoms with van der Waals surface area (Å²) in [7, 11) is 0. The van der Waals surface area contributed by atoms with Gasteiger partial charge < -0.3 is 14.7 Å². The summed E-state index contributed by atoms with van der Waals surface area (Å²) >= 11 is 5.14. The SMILES string of the molecule is O=C(O)c1cccc2c1OCCN2Cc1ccc(Br)s1. The van der Waals surface area contributed by atoms with Crippen LogP contribution in [0.2, 0.25) is 0 Å². The van der Waals surface area contributed by atoms with E-state index in [0.29, 0.717) is 12.4 Å². The molecule has 0 radical (unpaired) electrons. The van der Waals surface area contributed by atoms with Crippen LogP contribution in [0.5, 0.6) is 5.75 Å². The van der Waals surface area contributed by atoms with E-state index in [1.807, 2.05) is 12.1 Å². The molecule has 0 amide bonds. The van der Waals surface area contributed by atoms with Crippen molar-refractivity contribution in [1.82, 2.24) is 0 Å². The summed E-state index contributed by atoms with van der Waals surface area (Å²) < 4.78 is 6.66. The van der Waals surface area contributed by atoms with Crippen LogP contribution in [0.1, 0.15) is 15.2 Å². The van der Waals surface area contributed by atoms with Gasteiger partial charge >= 0.3 is 5.97 Å². The third-order valence-corrected chi connectivity index (χ3v) is 4.76. The molecule has 0 bridgehead atoms. The normalized spacial score (nSPS) is 13.8. The fourth-order valence-corrected chi connectivity index (χ4v) is 3.76. The molecule has 2 heterocycles. The van der Waals surface area contributed by atoms with Crippen LogP contribution in [0.4, 0.5) is 5.69 Å². The Balaban J connectivity index is 1.94. The molecule has 1 aliphatic rings. The first kappa shape index (κ1) is 13.5. The lowest BCUT2D eigenvalue weighted by Crippen LogP contribution is -2.32. The Kier molecular flexibility index (Phi) is 3.67. The molecular formula is C14H12BrNO3S. The molecule has 0 aliphatic carbocycles. The van der Waals surface area contributed by atoms with Gasteiger partial charge in [0.1, 0.15) is 12.2 Å². The number of rotatable bonds is 3. The van der Waals surface area contributed by atoms with Crippen molar-refractivity contribution in [2.24, 2.45) is 0 Å². The highest BCUT2D eigenvalue weighted by molar-refractivity contribution is 9.11. The van der Waals surface area contributed by atoms with Crippen LogP contribution in [0, 0.1) is 0 Å². The van der Waals surface area contributed by atoms with E-state index in [0.717, 1.165) is 22.6 Å². The minimum absolute atomic E-state index is 0.222. The molecule has 0 atom stereocenters. The van der Waals surface area contributed by atoms with Crippen molar-refractivity contribution in [3.8, 4) is 5.75 Å². The van der Waals surface area contributed by atoms with E-state index in [2.05, 4.69) is 26.9 Å². The number of thiophene rings is 1. The number of fused-ring (bicyclic) bond motifs is 1. The van der Waals surface area contributed by atoms with Gasteiger partial charge in [0, 0.05) is 4.88 Å². The highest BCUT2D eigenvalue weighted by atomic mass is 79.9. The molecule has 104 valence electrons. The van der Waals surface area contributed by atoms with Crippen molar-refractivity contribution < 1.29 is 14.6 Å². The molecule has 1 aromatic heterocycles. The van der Waals surface area contributed by atoms with E-state index in [1.54, 1.807) is 23.5 Å². The second kappa shape index (κ2) is 5.46. The van der Waals surface area contributed by atoms with Crippen LogP contribution >= 0.6 is 27.3 Å². The van der Waals surface area contributed by atoms with E-state index < -0.39 is 5.97 Å². The van der Waals surface area contributed by atoms with Crippen molar-refractivity contribution in [2.45, 2.75) is 6.54 Å². The van der Waals surface area contributed by atoms with Gasteiger partial charge in [-0.1, -0.05) is 6.07 Å².